The molecule has 1 atom stereocenters. The average molecular weight is 460 g/mol. The Morgan fingerprint density at radius 2 is 2.09 bits per heavy atom. The largest absolute Gasteiger partial charge is 0.497 e. The molecule has 1 aliphatic heterocycles. The first-order chi connectivity index (χ1) is 15.4. The second kappa shape index (κ2) is 11.3. The number of piperidine rings is 1. The van der Waals surface area contributed by atoms with Crippen molar-refractivity contribution in [2.24, 2.45) is 11.7 Å². The third kappa shape index (κ3) is 6.18. The number of hydrogen-bond acceptors (Lipinski definition) is 7. The van der Waals surface area contributed by atoms with E-state index < -0.39 is 0 Å². The smallest absolute Gasteiger partial charge is 0.224 e. The van der Waals surface area contributed by atoms with Crippen LogP contribution in [0.3, 0.4) is 0 Å². The van der Waals surface area contributed by atoms with Gasteiger partial charge < -0.3 is 20.3 Å². The van der Waals surface area contributed by atoms with Crippen molar-refractivity contribution in [3.63, 3.8) is 0 Å². The van der Waals surface area contributed by atoms with E-state index in [0.717, 1.165) is 28.7 Å². The lowest BCUT2D eigenvalue weighted by Crippen LogP contribution is -2.43. The van der Waals surface area contributed by atoms with Crippen molar-refractivity contribution in [3.05, 3.63) is 35.7 Å². The Morgan fingerprint density at radius 1 is 1.34 bits per heavy atom. The van der Waals surface area contributed by atoms with E-state index in [0.29, 0.717) is 45.3 Å². The fourth-order valence-corrected chi connectivity index (χ4v) is 4.73. The second-order valence-electron chi connectivity index (χ2n) is 8.28. The number of amides is 2. The minimum absolute atomic E-state index is 0.111. The highest BCUT2D eigenvalue weighted by Gasteiger charge is 2.27. The Balaban J connectivity index is 1.60. The second-order valence-corrected chi connectivity index (χ2v) is 9.01. The molecule has 1 unspecified atom stereocenters. The Kier molecular flexibility index (Phi) is 8.44. The first-order valence-electron chi connectivity index (χ1n) is 11.2. The lowest BCUT2D eigenvalue weighted by molar-refractivity contribution is -0.134. The van der Waals surface area contributed by atoms with Crippen LogP contribution in [0.1, 0.15) is 50.9 Å². The molecule has 0 saturated carbocycles. The van der Waals surface area contributed by atoms with Gasteiger partial charge in [-0.3, -0.25) is 9.59 Å². The van der Waals surface area contributed by atoms with E-state index in [1.165, 1.54) is 11.5 Å². The monoisotopic (exact) mass is 459 g/mol. The number of carbonyl (C=O) groups excluding carboxylic acids is 2. The van der Waals surface area contributed by atoms with Crippen LogP contribution in [0.4, 0.5) is 5.13 Å². The van der Waals surface area contributed by atoms with E-state index >= 15 is 0 Å². The van der Waals surface area contributed by atoms with Crippen LogP contribution < -0.4 is 15.4 Å². The van der Waals surface area contributed by atoms with Gasteiger partial charge in [0.05, 0.1) is 7.11 Å². The highest BCUT2D eigenvalue weighted by molar-refractivity contribution is 7.09. The standard InChI is InChI=1S/C23H33N5O3S/c1-4-16(2)28(13-10-21(29)27-11-8-18(9-12-27)22(24)30)23-25-20(26-32-23)15-17-6-5-7-19(14-17)31-3/h5-7,14,16,18H,4,8-13,15H2,1-3H3,(H2,24,30). The maximum Gasteiger partial charge on any atom is 0.224 e. The molecule has 3 rings (SSSR count). The summed E-state index contributed by atoms with van der Waals surface area (Å²) in [5.74, 6) is 1.33. The predicted octanol–water partition coefficient (Wildman–Crippen LogP) is 2.86. The van der Waals surface area contributed by atoms with Crippen LogP contribution in [0.2, 0.25) is 0 Å². The van der Waals surface area contributed by atoms with Gasteiger partial charge in [0, 0.05) is 56.0 Å². The van der Waals surface area contributed by atoms with Crippen LogP contribution in [0.15, 0.2) is 24.3 Å². The SMILES string of the molecule is CCC(C)N(CCC(=O)N1CCC(C(N)=O)CC1)c1nc(Cc2cccc(OC)c2)ns1. The molecule has 1 aliphatic rings. The Morgan fingerprint density at radius 3 is 2.75 bits per heavy atom. The van der Waals surface area contributed by atoms with Gasteiger partial charge in [-0.25, -0.2) is 4.98 Å². The van der Waals surface area contributed by atoms with Crippen molar-refractivity contribution in [1.82, 2.24) is 14.3 Å². The fraction of sp³-hybridized carbons (Fsp3) is 0.565. The summed E-state index contributed by atoms with van der Waals surface area (Å²) in [6.45, 7) is 6.06. The summed E-state index contributed by atoms with van der Waals surface area (Å²) in [6.07, 6.45) is 3.30. The molecule has 2 amide bonds. The number of likely N-dealkylation sites (tertiary alicyclic amines) is 1. The number of carbonyl (C=O) groups is 2. The lowest BCUT2D eigenvalue weighted by Gasteiger charge is -2.32. The van der Waals surface area contributed by atoms with Crippen molar-refractivity contribution in [2.75, 3.05) is 31.6 Å². The Hall–Kier alpha value is -2.68. The van der Waals surface area contributed by atoms with Crippen LogP contribution in [-0.4, -0.2) is 58.9 Å². The Bertz CT molecular complexity index is 911. The number of ether oxygens (including phenoxy) is 1. The van der Waals surface area contributed by atoms with Crippen LogP contribution in [0, 0.1) is 5.92 Å². The quantitative estimate of drug-likeness (QED) is 0.586. The van der Waals surface area contributed by atoms with Gasteiger partial charge in [-0.05, 0) is 43.9 Å². The predicted molar refractivity (Wildman–Crippen MR) is 126 cm³/mol. The normalized spacial score (nSPS) is 15.4. The molecule has 32 heavy (non-hydrogen) atoms. The topological polar surface area (TPSA) is 102 Å². The van der Waals surface area contributed by atoms with Gasteiger partial charge >= 0.3 is 0 Å². The van der Waals surface area contributed by atoms with Crippen LogP contribution in [-0.2, 0) is 16.0 Å². The molecule has 2 aromatic rings. The number of benzene rings is 1. The number of rotatable bonds is 10. The van der Waals surface area contributed by atoms with Gasteiger partial charge in [-0.1, -0.05) is 19.1 Å². The molecule has 0 bridgehead atoms. The lowest BCUT2D eigenvalue weighted by atomic mass is 9.96. The number of aromatic nitrogens is 2. The molecule has 1 aromatic heterocycles. The van der Waals surface area contributed by atoms with Crippen molar-refractivity contribution in [1.29, 1.82) is 0 Å². The number of nitrogens with zero attached hydrogens (tertiary/aromatic N) is 4. The molecule has 0 spiro atoms. The zero-order chi connectivity index (χ0) is 23.1. The number of anilines is 1. The van der Waals surface area contributed by atoms with E-state index in [1.54, 1.807) is 7.11 Å². The van der Waals surface area contributed by atoms with E-state index in [4.69, 9.17) is 15.5 Å². The molecule has 1 saturated heterocycles. The van der Waals surface area contributed by atoms with E-state index in [9.17, 15) is 9.59 Å². The third-order valence-corrected chi connectivity index (χ3v) is 6.93. The molecule has 1 fully saturated rings. The van der Waals surface area contributed by atoms with Gasteiger partial charge in [-0.2, -0.15) is 4.37 Å². The van der Waals surface area contributed by atoms with Gasteiger partial charge in [-0.15, -0.1) is 0 Å². The van der Waals surface area contributed by atoms with Crippen LogP contribution >= 0.6 is 11.5 Å². The molecule has 8 nitrogen and oxygen atoms in total. The summed E-state index contributed by atoms with van der Waals surface area (Å²) in [5.41, 5.74) is 6.49. The van der Waals surface area contributed by atoms with Crippen molar-refractivity contribution >= 4 is 28.5 Å². The highest BCUT2D eigenvalue weighted by Crippen LogP contribution is 2.24. The summed E-state index contributed by atoms with van der Waals surface area (Å²) >= 11 is 1.38. The number of nitrogens with two attached hydrogens (primary N) is 1. The first-order valence-corrected chi connectivity index (χ1v) is 12.0. The van der Waals surface area contributed by atoms with Crippen LogP contribution in [0.5, 0.6) is 5.75 Å². The molecule has 0 radical (unpaired) electrons. The van der Waals surface area contributed by atoms with Crippen molar-refractivity contribution in [2.45, 2.75) is 52.0 Å². The van der Waals surface area contributed by atoms with Crippen molar-refractivity contribution < 1.29 is 14.3 Å². The van der Waals surface area contributed by atoms with E-state index in [2.05, 4.69) is 23.1 Å². The molecular formula is C23H33N5O3S. The molecule has 2 N–H and O–H groups in total. The summed E-state index contributed by atoms with van der Waals surface area (Å²) in [6, 6.07) is 8.16. The minimum Gasteiger partial charge on any atom is -0.497 e. The van der Waals surface area contributed by atoms with E-state index in [-0.39, 0.29) is 23.8 Å². The summed E-state index contributed by atoms with van der Waals surface area (Å²) in [4.78, 5) is 32.9. The maximum absolute atomic E-state index is 12.8. The van der Waals surface area contributed by atoms with Crippen LogP contribution in [0.25, 0.3) is 0 Å². The molecule has 2 heterocycles. The van der Waals surface area contributed by atoms with Crippen molar-refractivity contribution in [3.8, 4) is 5.75 Å². The number of primary amides is 1. The van der Waals surface area contributed by atoms with Gasteiger partial charge in [0.15, 0.2) is 0 Å². The average Bonchev–Trinajstić information content (AvgIpc) is 3.26. The maximum atomic E-state index is 12.8. The summed E-state index contributed by atoms with van der Waals surface area (Å²) < 4.78 is 9.85. The molecule has 1 aromatic carbocycles. The highest BCUT2D eigenvalue weighted by atomic mass is 32.1. The van der Waals surface area contributed by atoms with Gasteiger partial charge in [0.1, 0.15) is 11.6 Å². The molecule has 9 heteroatoms. The number of methoxy groups -OCH3 is 1. The van der Waals surface area contributed by atoms with E-state index in [1.807, 2.05) is 29.2 Å². The molecule has 0 aliphatic carbocycles. The summed E-state index contributed by atoms with van der Waals surface area (Å²) in [7, 11) is 1.66. The summed E-state index contributed by atoms with van der Waals surface area (Å²) in [5, 5.41) is 0.845. The van der Waals surface area contributed by atoms with Gasteiger partial charge in [0.25, 0.3) is 0 Å². The zero-order valence-electron chi connectivity index (χ0n) is 19.1. The molecule has 174 valence electrons. The minimum atomic E-state index is -0.263. The third-order valence-electron chi connectivity index (χ3n) is 6.14. The first kappa shape index (κ1) is 24.0. The zero-order valence-corrected chi connectivity index (χ0v) is 19.9. The van der Waals surface area contributed by atoms with Gasteiger partial charge in [0.2, 0.25) is 16.9 Å². The number of hydrogen-bond donors (Lipinski definition) is 1. The fourth-order valence-electron chi connectivity index (χ4n) is 3.91. The molecular weight excluding hydrogens is 426 g/mol. The Labute approximate surface area is 193 Å².